The Morgan fingerprint density at radius 1 is 1.56 bits per heavy atom. The predicted octanol–water partition coefficient (Wildman–Crippen LogP) is -0.675. The molecule has 0 saturated heterocycles. The summed E-state index contributed by atoms with van der Waals surface area (Å²) in [4.78, 5) is 1.47. The highest BCUT2D eigenvalue weighted by Gasteiger charge is 2.02. The lowest BCUT2D eigenvalue weighted by molar-refractivity contribution is 0.165. The molecule has 0 radical (unpaired) electrons. The molecule has 0 aromatic carbocycles. The van der Waals surface area contributed by atoms with E-state index in [2.05, 4.69) is 4.18 Å². The normalized spacial score (nSPS) is 12.4. The van der Waals surface area contributed by atoms with Gasteiger partial charge in [0.05, 0.1) is 0 Å². The van der Waals surface area contributed by atoms with E-state index in [1.165, 1.54) is 4.90 Å². The molecule has 0 aromatic rings. The lowest BCUT2D eigenvalue weighted by Gasteiger charge is -2.06. The van der Waals surface area contributed by atoms with Gasteiger partial charge in [0, 0.05) is 0 Å². The average molecular weight is 155 g/mol. The first kappa shape index (κ1) is 8.83. The summed E-state index contributed by atoms with van der Waals surface area (Å²) in [5.74, 6) is 0. The highest BCUT2D eigenvalue weighted by Crippen LogP contribution is 1.85. The molecule has 0 amide bonds. The summed E-state index contributed by atoms with van der Waals surface area (Å²) in [6.45, 7) is -0.140. The molecular formula is C3H9NO4S. The molecule has 6 heteroatoms. The second kappa shape index (κ2) is 3.11. The van der Waals surface area contributed by atoms with Crippen molar-refractivity contribution in [1.29, 1.82) is 0 Å². The molecule has 0 aliphatic heterocycles. The van der Waals surface area contributed by atoms with E-state index in [1.807, 2.05) is 0 Å². The second-order valence-corrected chi connectivity index (χ2v) is 2.85. The van der Waals surface area contributed by atoms with Crippen molar-refractivity contribution in [1.82, 2.24) is 4.90 Å². The van der Waals surface area contributed by atoms with Crippen molar-refractivity contribution in [2.45, 2.75) is 0 Å². The third kappa shape index (κ3) is 7.83. The smallest absolute Gasteiger partial charge is 0.286 e. The largest absolute Gasteiger partial charge is 0.398 e. The van der Waals surface area contributed by atoms with Crippen LogP contribution >= 0.6 is 0 Å². The second-order valence-electron chi connectivity index (χ2n) is 1.75. The number of hydrogen-bond acceptors (Lipinski definition) is 4. The number of nitrogens with zero attached hydrogens (tertiary/aromatic N) is 1. The molecule has 0 rings (SSSR count). The maximum Gasteiger partial charge on any atom is 0.398 e. The van der Waals surface area contributed by atoms with Gasteiger partial charge in [-0.3, -0.25) is 9.45 Å². The monoisotopic (exact) mass is 155 g/mol. The van der Waals surface area contributed by atoms with Crippen LogP contribution in [0.5, 0.6) is 0 Å². The standard InChI is InChI=1S/C3H9NO4S/c1-4(2)3-8-9(5,6)7/h3H2,1-2H3,(H,5,6,7). The van der Waals surface area contributed by atoms with Crippen molar-refractivity contribution < 1.29 is 17.2 Å². The van der Waals surface area contributed by atoms with Crippen molar-refractivity contribution in [2.24, 2.45) is 0 Å². The van der Waals surface area contributed by atoms with Crippen molar-refractivity contribution in [2.75, 3.05) is 20.8 Å². The summed E-state index contributed by atoms with van der Waals surface area (Å²) in [5.41, 5.74) is 0. The van der Waals surface area contributed by atoms with Gasteiger partial charge in [0.15, 0.2) is 0 Å². The van der Waals surface area contributed by atoms with Gasteiger partial charge in [-0.15, -0.1) is 0 Å². The van der Waals surface area contributed by atoms with E-state index in [1.54, 1.807) is 14.1 Å². The molecule has 56 valence electrons. The van der Waals surface area contributed by atoms with E-state index in [4.69, 9.17) is 4.55 Å². The van der Waals surface area contributed by atoms with Crippen molar-refractivity contribution in [3.63, 3.8) is 0 Å². The Morgan fingerprint density at radius 3 is 2.11 bits per heavy atom. The van der Waals surface area contributed by atoms with E-state index in [0.29, 0.717) is 0 Å². The minimum absolute atomic E-state index is 0.140. The van der Waals surface area contributed by atoms with E-state index in [9.17, 15) is 8.42 Å². The molecule has 0 unspecified atom stereocenters. The Labute approximate surface area is 54.2 Å². The fraction of sp³-hybridized carbons (Fsp3) is 1.00. The summed E-state index contributed by atoms with van der Waals surface area (Å²) in [5, 5.41) is 0. The van der Waals surface area contributed by atoms with Crippen LogP contribution in [-0.4, -0.2) is 38.7 Å². The fourth-order valence-electron chi connectivity index (χ4n) is 0.172. The topological polar surface area (TPSA) is 66.8 Å². The predicted molar refractivity (Wildman–Crippen MR) is 31.2 cm³/mol. The number of hydrogen-bond donors (Lipinski definition) is 1. The van der Waals surface area contributed by atoms with Crippen LogP contribution in [0, 0.1) is 0 Å². The van der Waals surface area contributed by atoms with Gasteiger partial charge < -0.3 is 0 Å². The fourth-order valence-corrected chi connectivity index (χ4v) is 0.516. The van der Waals surface area contributed by atoms with Gasteiger partial charge in [-0.25, -0.2) is 4.18 Å². The molecule has 0 aliphatic carbocycles. The van der Waals surface area contributed by atoms with E-state index in [-0.39, 0.29) is 6.73 Å². The molecular weight excluding hydrogens is 146 g/mol. The lowest BCUT2D eigenvalue weighted by Crippen LogP contribution is -2.19. The zero-order valence-corrected chi connectivity index (χ0v) is 6.05. The van der Waals surface area contributed by atoms with E-state index in [0.717, 1.165) is 0 Å². The van der Waals surface area contributed by atoms with Crippen LogP contribution in [-0.2, 0) is 14.6 Å². The van der Waals surface area contributed by atoms with Crippen LogP contribution in [0.2, 0.25) is 0 Å². The van der Waals surface area contributed by atoms with Gasteiger partial charge in [0.25, 0.3) is 0 Å². The molecule has 0 saturated carbocycles. The third-order valence-corrected chi connectivity index (χ3v) is 0.863. The minimum atomic E-state index is -4.26. The van der Waals surface area contributed by atoms with Crippen molar-refractivity contribution in [3.8, 4) is 0 Å². The molecule has 0 atom stereocenters. The van der Waals surface area contributed by atoms with Crippen LogP contribution in [0.3, 0.4) is 0 Å². The first-order valence-corrected chi connectivity index (χ1v) is 3.55. The third-order valence-electron chi connectivity index (χ3n) is 0.460. The molecule has 9 heavy (non-hydrogen) atoms. The molecule has 0 fully saturated rings. The van der Waals surface area contributed by atoms with Crippen molar-refractivity contribution in [3.05, 3.63) is 0 Å². The first-order chi connectivity index (χ1) is 3.92. The van der Waals surface area contributed by atoms with Crippen LogP contribution < -0.4 is 0 Å². The summed E-state index contributed by atoms with van der Waals surface area (Å²) < 4.78 is 31.6. The summed E-state index contributed by atoms with van der Waals surface area (Å²) in [6, 6.07) is 0. The van der Waals surface area contributed by atoms with Gasteiger partial charge in [-0.05, 0) is 14.1 Å². The molecule has 0 aromatic heterocycles. The molecule has 5 nitrogen and oxygen atoms in total. The summed E-state index contributed by atoms with van der Waals surface area (Å²) in [7, 11) is -1.03. The first-order valence-electron chi connectivity index (χ1n) is 2.18. The van der Waals surface area contributed by atoms with E-state index >= 15 is 0 Å². The molecule has 0 aliphatic rings. The minimum Gasteiger partial charge on any atom is -0.286 e. The van der Waals surface area contributed by atoms with Gasteiger partial charge in [0.2, 0.25) is 0 Å². The number of rotatable bonds is 3. The SMILES string of the molecule is CN(C)COS(=O)(=O)O. The highest BCUT2D eigenvalue weighted by molar-refractivity contribution is 7.80. The molecule has 0 bridgehead atoms. The Morgan fingerprint density at radius 2 is 2.00 bits per heavy atom. The van der Waals surface area contributed by atoms with Crippen LogP contribution in [0.4, 0.5) is 0 Å². The van der Waals surface area contributed by atoms with Gasteiger partial charge in [-0.1, -0.05) is 0 Å². The molecule has 0 heterocycles. The van der Waals surface area contributed by atoms with Gasteiger partial charge >= 0.3 is 10.4 Å². The van der Waals surface area contributed by atoms with Gasteiger partial charge in [0.1, 0.15) is 6.73 Å². The Hall–Kier alpha value is -0.170. The zero-order chi connectivity index (χ0) is 7.49. The summed E-state index contributed by atoms with van der Waals surface area (Å²) >= 11 is 0. The van der Waals surface area contributed by atoms with Gasteiger partial charge in [-0.2, -0.15) is 8.42 Å². The van der Waals surface area contributed by atoms with Crippen LogP contribution in [0.25, 0.3) is 0 Å². The Balaban J connectivity index is 3.53. The zero-order valence-electron chi connectivity index (χ0n) is 5.23. The van der Waals surface area contributed by atoms with Crippen LogP contribution in [0.15, 0.2) is 0 Å². The van der Waals surface area contributed by atoms with Crippen molar-refractivity contribution >= 4 is 10.4 Å². The summed E-state index contributed by atoms with van der Waals surface area (Å²) in [6.07, 6.45) is 0. The average Bonchev–Trinajstić information content (AvgIpc) is 1.59. The molecule has 0 spiro atoms. The molecule has 1 N–H and O–H groups in total. The Bertz CT molecular complexity index is 161. The lowest BCUT2D eigenvalue weighted by atomic mass is 11.0. The maximum absolute atomic E-state index is 9.84. The highest BCUT2D eigenvalue weighted by atomic mass is 32.3. The quantitative estimate of drug-likeness (QED) is 0.432. The van der Waals surface area contributed by atoms with Crippen LogP contribution in [0.1, 0.15) is 0 Å². The Kier molecular flexibility index (Phi) is 3.06. The van der Waals surface area contributed by atoms with E-state index < -0.39 is 10.4 Å². The maximum atomic E-state index is 9.84.